The van der Waals surface area contributed by atoms with Gasteiger partial charge in [-0.05, 0) is 61.6 Å². The molecule has 0 radical (unpaired) electrons. The third-order valence-corrected chi connectivity index (χ3v) is 5.45. The quantitative estimate of drug-likeness (QED) is 0.900. The van der Waals surface area contributed by atoms with Crippen LogP contribution in [0.5, 0.6) is 5.75 Å². The molecule has 21 heavy (non-hydrogen) atoms. The van der Waals surface area contributed by atoms with E-state index in [4.69, 9.17) is 10.00 Å². The molecule has 0 heterocycles. The van der Waals surface area contributed by atoms with Crippen molar-refractivity contribution < 1.29 is 4.74 Å². The first-order valence-corrected chi connectivity index (χ1v) is 8.01. The maximum atomic E-state index is 9.02. The Kier molecular flexibility index (Phi) is 4.17. The van der Waals surface area contributed by atoms with Crippen LogP contribution in [0.1, 0.15) is 43.7 Å². The fourth-order valence-corrected chi connectivity index (χ4v) is 4.27. The second-order valence-corrected chi connectivity index (χ2v) is 6.65. The van der Waals surface area contributed by atoms with E-state index in [0.29, 0.717) is 17.4 Å². The van der Waals surface area contributed by atoms with Gasteiger partial charge in [0.1, 0.15) is 11.8 Å². The second-order valence-electron chi connectivity index (χ2n) is 6.65. The van der Waals surface area contributed by atoms with Gasteiger partial charge in [0.2, 0.25) is 0 Å². The summed E-state index contributed by atoms with van der Waals surface area (Å²) in [6, 6.07) is 8.56. The third kappa shape index (κ3) is 2.91. The van der Waals surface area contributed by atoms with E-state index >= 15 is 0 Å². The van der Waals surface area contributed by atoms with Crippen LogP contribution < -0.4 is 10.1 Å². The summed E-state index contributed by atoms with van der Waals surface area (Å²) in [4.78, 5) is 0. The van der Waals surface area contributed by atoms with Crippen molar-refractivity contribution in [2.45, 2.75) is 45.2 Å². The van der Waals surface area contributed by atoms with Gasteiger partial charge in [0.15, 0.2) is 0 Å². The van der Waals surface area contributed by atoms with Crippen LogP contribution in [0.3, 0.4) is 0 Å². The van der Waals surface area contributed by atoms with E-state index in [0.717, 1.165) is 24.3 Å². The summed E-state index contributed by atoms with van der Waals surface area (Å²) in [6.45, 7) is 3.17. The fourth-order valence-electron chi connectivity index (χ4n) is 4.27. The molecule has 4 atom stereocenters. The first-order chi connectivity index (χ1) is 10.2. The number of hydrogen-bond acceptors (Lipinski definition) is 3. The Hall–Kier alpha value is -1.53. The molecule has 3 rings (SSSR count). The minimum absolute atomic E-state index is 0.571. The number of nitriles is 1. The smallest absolute Gasteiger partial charge is 0.136 e. The Balaban J connectivity index is 1.59. The van der Waals surface area contributed by atoms with Crippen molar-refractivity contribution in [1.82, 2.24) is 5.32 Å². The Morgan fingerprint density at radius 3 is 2.86 bits per heavy atom. The van der Waals surface area contributed by atoms with Gasteiger partial charge in [-0.25, -0.2) is 0 Å². The van der Waals surface area contributed by atoms with Gasteiger partial charge in [-0.3, -0.25) is 0 Å². The highest BCUT2D eigenvalue weighted by Crippen LogP contribution is 2.49. The van der Waals surface area contributed by atoms with Crippen molar-refractivity contribution in [2.75, 3.05) is 7.11 Å². The van der Waals surface area contributed by atoms with Gasteiger partial charge < -0.3 is 10.1 Å². The van der Waals surface area contributed by atoms with Crippen molar-refractivity contribution in [3.8, 4) is 11.8 Å². The van der Waals surface area contributed by atoms with Crippen LogP contribution in [0, 0.1) is 29.1 Å². The number of hydrogen-bond donors (Lipinski definition) is 1. The molecule has 0 aliphatic heterocycles. The molecule has 4 unspecified atom stereocenters. The maximum absolute atomic E-state index is 9.02. The predicted octanol–water partition coefficient (Wildman–Crippen LogP) is 3.48. The summed E-state index contributed by atoms with van der Waals surface area (Å²) in [5.74, 6) is 3.47. The Labute approximate surface area is 127 Å². The van der Waals surface area contributed by atoms with Crippen LogP contribution in [-0.4, -0.2) is 13.2 Å². The van der Waals surface area contributed by atoms with E-state index in [1.807, 2.05) is 18.2 Å². The zero-order chi connectivity index (χ0) is 14.8. The van der Waals surface area contributed by atoms with Crippen LogP contribution in [0.15, 0.2) is 18.2 Å². The number of fused-ring (bicyclic) bond motifs is 2. The number of rotatable bonds is 5. The molecule has 2 bridgehead atoms. The lowest BCUT2D eigenvalue weighted by Crippen LogP contribution is -2.35. The molecule has 0 spiro atoms. The summed E-state index contributed by atoms with van der Waals surface area (Å²) < 4.78 is 5.27. The molecule has 2 saturated carbocycles. The monoisotopic (exact) mass is 284 g/mol. The van der Waals surface area contributed by atoms with E-state index in [1.165, 1.54) is 31.2 Å². The van der Waals surface area contributed by atoms with Crippen LogP contribution in [0.4, 0.5) is 0 Å². The van der Waals surface area contributed by atoms with Crippen molar-refractivity contribution >= 4 is 0 Å². The van der Waals surface area contributed by atoms with E-state index in [2.05, 4.69) is 18.3 Å². The molecular formula is C18H24N2O. The lowest BCUT2D eigenvalue weighted by molar-refractivity contribution is 0.259. The number of benzene rings is 1. The van der Waals surface area contributed by atoms with Gasteiger partial charge in [0.25, 0.3) is 0 Å². The van der Waals surface area contributed by atoms with Crippen molar-refractivity contribution in [3.05, 3.63) is 29.3 Å². The lowest BCUT2D eigenvalue weighted by Gasteiger charge is -2.28. The average Bonchev–Trinajstić information content (AvgIpc) is 3.15. The first kappa shape index (κ1) is 14.4. The minimum atomic E-state index is 0.571. The SMILES string of the molecule is COc1cc(CNC(C)C2CC3CCC2C3)ccc1C#N. The molecule has 0 amide bonds. The summed E-state index contributed by atoms with van der Waals surface area (Å²) in [5.41, 5.74) is 1.78. The molecule has 1 aromatic rings. The van der Waals surface area contributed by atoms with E-state index in [-0.39, 0.29) is 0 Å². The largest absolute Gasteiger partial charge is 0.495 e. The molecule has 0 aromatic heterocycles. The van der Waals surface area contributed by atoms with Crippen LogP contribution in [0.2, 0.25) is 0 Å². The topological polar surface area (TPSA) is 45.0 Å². The minimum Gasteiger partial charge on any atom is -0.495 e. The van der Waals surface area contributed by atoms with Gasteiger partial charge in [0, 0.05) is 12.6 Å². The number of nitrogens with zero attached hydrogens (tertiary/aromatic N) is 1. The Bertz CT molecular complexity index is 549. The van der Waals surface area contributed by atoms with E-state index < -0.39 is 0 Å². The number of ether oxygens (including phenoxy) is 1. The zero-order valence-corrected chi connectivity index (χ0v) is 12.9. The van der Waals surface area contributed by atoms with Gasteiger partial charge in [0.05, 0.1) is 12.7 Å². The molecule has 112 valence electrons. The summed E-state index contributed by atoms with van der Waals surface area (Å²) in [6.07, 6.45) is 5.77. The molecular weight excluding hydrogens is 260 g/mol. The Morgan fingerprint density at radius 2 is 2.24 bits per heavy atom. The number of methoxy groups -OCH3 is 1. The normalized spacial score (nSPS) is 28.3. The third-order valence-electron chi connectivity index (χ3n) is 5.45. The molecule has 2 fully saturated rings. The number of nitrogens with one attached hydrogen (secondary N) is 1. The zero-order valence-electron chi connectivity index (χ0n) is 12.9. The summed E-state index contributed by atoms with van der Waals surface area (Å²) >= 11 is 0. The maximum Gasteiger partial charge on any atom is 0.136 e. The van der Waals surface area contributed by atoms with Gasteiger partial charge in [-0.2, -0.15) is 5.26 Å². The first-order valence-electron chi connectivity index (χ1n) is 8.01. The lowest BCUT2D eigenvalue weighted by atomic mass is 9.84. The molecule has 2 aliphatic rings. The van der Waals surface area contributed by atoms with E-state index in [1.54, 1.807) is 7.11 Å². The van der Waals surface area contributed by atoms with Crippen molar-refractivity contribution in [1.29, 1.82) is 5.26 Å². The highest BCUT2D eigenvalue weighted by atomic mass is 16.5. The van der Waals surface area contributed by atoms with Gasteiger partial charge in [-0.1, -0.05) is 12.5 Å². The standard InChI is InChI=1S/C18H24N2O/c1-12(17-8-13-3-5-15(17)7-13)20-11-14-4-6-16(10-19)18(9-14)21-2/h4,6,9,12-13,15,17,20H,3,5,7-8,11H2,1-2H3. The molecule has 3 heteroatoms. The van der Waals surface area contributed by atoms with Gasteiger partial charge >= 0.3 is 0 Å². The van der Waals surface area contributed by atoms with Crippen molar-refractivity contribution in [3.63, 3.8) is 0 Å². The average molecular weight is 284 g/mol. The van der Waals surface area contributed by atoms with E-state index in [9.17, 15) is 0 Å². The predicted molar refractivity (Wildman–Crippen MR) is 82.9 cm³/mol. The Morgan fingerprint density at radius 1 is 1.38 bits per heavy atom. The molecule has 1 N–H and O–H groups in total. The van der Waals surface area contributed by atoms with Crippen LogP contribution >= 0.6 is 0 Å². The molecule has 1 aromatic carbocycles. The summed E-state index contributed by atoms with van der Waals surface area (Å²) in [5, 5.41) is 12.7. The van der Waals surface area contributed by atoms with Crippen LogP contribution in [0.25, 0.3) is 0 Å². The van der Waals surface area contributed by atoms with Crippen LogP contribution in [-0.2, 0) is 6.54 Å². The molecule has 0 saturated heterocycles. The van der Waals surface area contributed by atoms with Crippen molar-refractivity contribution in [2.24, 2.45) is 17.8 Å². The summed E-state index contributed by atoms with van der Waals surface area (Å²) in [7, 11) is 1.62. The molecule has 2 aliphatic carbocycles. The highest BCUT2D eigenvalue weighted by molar-refractivity contribution is 5.45. The highest BCUT2D eigenvalue weighted by Gasteiger charge is 2.41. The molecule has 3 nitrogen and oxygen atoms in total. The fraction of sp³-hybridized carbons (Fsp3) is 0.611. The second kappa shape index (κ2) is 6.07. The van der Waals surface area contributed by atoms with Gasteiger partial charge in [-0.15, -0.1) is 0 Å².